The summed E-state index contributed by atoms with van der Waals surface area (Å²) in [5.41, 5.74) is 2.97. The van der Waals surface area contributed by atoms with E-state index in [2.05, 4.69) is 10.5 Å². The van der Waals surface area contributed by atoms with Gasteiger partial charge in [0.1, 0.15) is 17.5 Å². The van der Waals surface area contributed by atoms with E-state index in [0.29, 0.717) is 34.3 Å². The summed E-state index contributed by atoms with van der Waals surface area (Å²) >= 11 is 6.23. The fourth-order valence-corrected chi connectivity index (χ4v) is 5.78. The van der Waals surface area contributed by atoms with Crippen molar-refractivity contribution in [1.82, 2.24) is 5.16 Å². The van der Waals surface area contributed by atoms with Crippen LogP contribution in [0.25, 0.3) is 11.3 Å². The summed E-state index contributed by atoms with van der Waals surface area (Å²) in [6.45, 7) is 4.02. The summed E-state index contributed by atoms with van der Waals surface area (Å²) in [4.78, 5) is 23.9. The molecular formula is C28H29ClN2O6. The molecule has 37 heavy (non-hydrogen) atoms. The van der Waals surface area contributed by atoms with E-state index in [9.17, 15) is 14.7 Å². The Morgan fingerprint density at radius 2 is 1.84 bits per heavy atom. The number of benzene rings is 2. The topological polar surface area (TPSA) is 111 Å². The standard InChI is InChI=1S/C28H29ClN2O6/c1-17-24(30-26(34)36-18(2)21-5-3-4-6-22(21)29)25(37-31-17)19-7-9-20(10-8-19)27-11-13-28(14-12-27,35-16-27)15-23(32)33/h3-10,18H,11-16H2,1-2H3,(H,30,34)(H,32,33). The molecule has 2 aromatic carbocycles. The summed E-state index contributed by atoms with van der Waals surface area (Å²) in [7, 11) is 0. The van der Waals surface area contributed by atoms with Crippen LogP contribution in [0.4, 0.5) is 10.5 Å². The van der Waals surface area contributed by atoms with E-state index in [-0.39, 0.29) is 11.8 Å². The molecule has 3 aromatic rings. The van der Waals surface area contributed by atoms with Crippen molar-refractivity contribution in [3.05, 3.63) is 70.4 Å². The number of amides is 1. The third kappa shape index (κ3) is 4.95. The highest BCUT2D eigenvalue weighted by atomic mass is 35.5. The van der Waals surface area contributed by atoms with Gasteiger partial charge in [0.15, 0.2) is 5.76 Å². The highest BCUT2D eigenvalue weighted by Crippen LogP contribution is 2.51. The molecule has 1 aliphatic carbocycles. The first kappa shape index (κ1) is 25.3. The van der Waals surface area contributed by atoms with Gasteiger partial charge in [-0.2, -0.15) is 0 Å². The van der Waals surface area contributed by atoms with Crippen molar-refractivity contribution in [2.45, 2.75) is 63.1 Å². The molecular weight excluding hydrogens is 496 g/mol. The second-order valence-corrected chi connectivity index (χ2v) is 10.5. The molecule has 1 amide bonds. The Morgan fingerprint density at radius 1 is 1.14 bits per heavy atom. The molecule has 3 aliphatic rings. The number of rotatable bonds is 7. The summed E-state index contributed by atoms with van der Waals surface area (Å²) < 4.78 is 17.2. The van der Waals surface area contributed by atoms with E-state index in [1.807, 2.05) is 42.5 Å². The lowest BCUT2D eigenvalue weighted by molar-refractivity contribution is -0.174. The van der Waals surface area contributed by atoms with Crippen molar-refractivity contribution in [3.63, 3.8) is 0 Å². The zero-order valence-corrected chi connectivity index (χ0v) is 21.5. The Balaban J connectivity index is 1.29. The van der Waals surface area contributed by atoms with E-state index >= 15 is 0 Å². The Bertz CT molecular complexity index is 1290. The molecule has 0 radical (unpaired) electrons. The first-order valence-electron chi connectivity index (χ1n) is 12.4. The van der Waals surface area contributed by atoms with Crippen LogP contribution in [0.5, 0.6) is 0 Å². The van der Waals surface area contributed by atoms with Crippen LogP contribution in [-0.2, 0) is 19.7 Å². The summed E-state index contributed by atoms with van der Waals surface area (Å²) in [6, 6.07) is 15.2. The lowest BCUT2D eigenvalue weighted by atomic mass is 9.62. The molecule has 6 rings (SSSR count). The molecule has 1 saturated carbocycles. The average Bonchev–Trinajstić information content (AvgIpc) is 3.24. The van der Waals surface area contributed by atoms with Crippen molar-refractivity contribution in [2.75, 3.05) is 11.9 Å². The van der Waals surface area contributed by atoms with E-state index < -0.39 is 23.8 Å². The molecule has 0 spiro atoms. The molecule has 2 saturated heterocycles. The number of ether oxygens (including phenoxy) is 2. The molecule has 1 unspecified atom stereocenters. The number of carbonyl (C=O) groups excluding carboxylic acids is 1. The van der Waals surface area contributed by atoms with Gasteiger partial charge in [-0.1, -0.05) is 59.2 Å². The normalized spacial score (nSPS) is 23.4. The minimum absolute atomic E-state index is 0.0578. The number of carbonyl (C=O) groups is 2. The molecule has 194 valence electrons. The van der Waals surface area contributed by atoms with Crippen LogP contribution >= 0.6 is 11.6 Å². The van der Waals surface area contributed by atoms with Gasteiger partial charge in [-0.25, -0.2) is 4.79 Å². The first-order valence-corrected chi connectivity index (χ1v) is 12.7. The third-order valence-corrected chi connectivity index (χ3v) is 8.07. The monoisotopic (exact) mass is 524 g/mol. The SMILES string of the molecule is Cc1noc(-c2ccc(C34CCC(CC(=O)O)(CC3)OC4)cc2)c1NC(=O)OC(C)c1ccccc1Cl. The molecule has 2 bridgehead atoms. The number of aliphatic carboxylic acids is 1. The van der Waals surface area contributed by atoms with Gasteiger partial charge in [0.25, 0.3) is 0 Å². The number of fused-ring (bicyclic) bond motifs is 3. The van der Waals surface area contributed by atoms with Gasteiger partial charge in [-0.05, 0) is 51.2 Å². The maximum absolute atomic E-state index is 12.7. The number of hydrogen-bond donors (Lipinski definition) is 2. The van der Waals surface area contributed by atoms with Crippen LogP contribution in [0, 0.1) is 6.92 Å². The lowest BCUT2D eigenvalue weighted by Gasteiger charge is -2.53. The Morgan fingerprint density at radius 3 is 2.46 bits per heavy atom. The number of carboxylic acid groups (broad SMARTS) is 1. The summed E-state index contributed by atoms with van der Waals surface area (Å²) in [5, 5.41) is 16.6. The second-order valence-electron chi connectivity index (χ2n) is 10.1. The summed E-state index contributed by atoms with van der Waals surface area (Å²) in [5.74, 6) is -0.374. The summed E-state index contributed by atoms with van der Waals surface area (Å²) in [6.07, 6.45) is 2.14. The van der Waals surface area contributed by atoms with Crippen molar-refractivity contribution >= 4 is 29.4 Å². The van der Waals surface area contributed by atoms with Gasteiger partial charge >= 0.3 is 12.1 Å². The number of carboxylic acids is 1. The van der Waals surface area contributed by atoms with Crippen LogP contribution in [0.2, 0.25) is 5.02 Å². The van der Waals surface area contributed by atoms with E-state index in [4.69, 9.17) is 25.6 Å². The fourth-order valence-electron chi connectivity index (χ4n) is 5.49. The number of aryl methyl sites for hydroxylation is 1. The van der Waals surface area contributed by atoms with Crippen molar-refractivity contribution < 1.29 is 28.7 Å². The predicted octanol–water partition coefficient (Wildman–Crippen LogP) is 6.67. The van der Waals surface area contributed by atoms with E-state index in [1.54, 1.807) is 19.9 Å². The number of nitrogens with zero attached hydrogens (tertiary/aromatic N) is 1. The number of hydrogen-bond acceptors (Lipinski definition) is 6. The molecule has 1 atom stereocenters. The van der Waals surface area contributed by atoms with Crippen LogP contribution in [0.3, 0.4) is 0 Å². The van der Waals surface area contributed by atoms with Crippen molar-refractivity contribution in [2.24, 2.45) is 0 Å². The zero-order valence-electron chi connectivity index (χ0n) is 20.8. The van der Waals surface area contributed by atoms with Crippen LogP contribution in [-0.4, -0.2) is 34.5 Å². The molecule has 1 aromatic heterocycles. The van der Waals surface area contributed by atoms with Gasteiger partial charge in [0.05, 0.1) is 18.6 Å². The Kier molecular flexibility index (Phi) is 6.72. The van der Waals surface area contributed by atoms with Crippen LogP contribution < -0.4 is 5.32 Å². The van der Waals surface area contributed by atoms with Gasteiger partial charge in [-0.3, -0.25) is 10.1 Å². The smallest absolute Gasteiger partial charge is 0.412 e. The lowest BCUT2D eigenvalue weighted by Crippen LogP contribution is -2.54. The number of anilines is 1. The first-order chi connectivity index (χ1) is 17.7. The van der Waals surface area contributed by atoms with Crippen LogP contribution in [0.1, 0.15) is 62.0 Å². The van der Waals surface area contributed by atoms with Crippen molar-refractivity contribution in [3.8, 4) is 11.3 Å². The highest BCUT2D eigenvalue weighted by molar-refractivity contribution is 6.31. The van der Waals surface area contributed by atoms with Crippen LogP contribution in [0.15, 0.2) is 53.1 Å². The Labute approximate surface area is 219 Å². The zero-order chi connectivity index (χ0) is 26.2. The van der Waals surface area contributed by atoms with Gasteiger partial charge in [0, 0.05) is 21.6 Å². The molecule has 3 fully saturated rings. The number of halogens is 1. The Hall–Kier alpha value is -3.36. The molecule has 8 nitrogen and oxygen atoms in total. The minimum Gasteiger partial charge on any atom is -0.481 e. The maximum Gasteiger partial charge on any atom is 0.412 e. The quantitative estimate of drug-likeness (QED) is 0.355. The largest absolute Gasteiger partial charge is 0.481 e. The molecule has 2 N–H and O–H groups in total. The van der Waals surface area contributed by atoms with Gasteiger partial charge in [-0.15, -0.1) is 0 Å². The maximum atomic E-state index is 12.7. The molecule has 2 aliphatic heterocycles. The highest BCUT2D eigenvalue weighted by Gasteiger charge is 2.51. The van der Waals surface area contributed by atoms with E-state index in [1.165, 1.54) is 0 Å². The van der Waals surface area contributed by atoms with Crippen molar-refractivity contribution in [1.29, 1.82) is 0 Å². The third-order valence-electron chi connectivity index (χ3n) is 7.72. The van der Waals surface area contributed by atoms with Gasteiger partial charge in [0.2, 0.25) is 0 Å². The average molecular weight is 525 g/mol. The predicted molar refractivity (Wildman–Crippen MR) is 138 cm³/mol. The molecule has 3 heterocycles. The fraction of sp³-hybridized carbons (Fsp3) is 0.393. The second kappa shape index (κ2) is 9.84. The van der Waals surface area contributed by atoms with E-state index in [0.717, 1.165) is 36.8 Å². The molecule has 9 heteroatoms. The minimum atomic E-state index is -0.812. The van der Waals surface area contributed by atoms with Gasteiger partial charge < -0.3 is 19.1 Å². The number of nitrogens with one attached hydrogen (secondary N) is 1. The number of aromatic nitrogens is 1.